The van der Waals surface area contributed by atoms with Gasteiger partial charge in [-0.15, -0.1) is 0 Å². The van der Waals surface area contributed by atoms with E-state index in [1.165, 1.54) is 22.3 Å². The maximum atomic E-state index is 12.9. The molecule has 1 aromatic carbocycles. The first-order valence-electron chi connectivity index (χ1n) is 12.4. The van der Waals surface area contributed by atoms with Crippen molar-refractivity contribution in [3.8, 4) is 0 Å². The maximum Gasteiger partial charge on any atom is 0.332 e. The van der Waals surface area contributed by atoms with E-state index in [2.05, 4.69) is 40.0 Å². The first-order valence-corrected chi connectivity index (χ1v) is 14.0. The van der Waals surface area contributed by atoms with E-state index >= 15 is 0 Å². The van der Waals surface area contributed by atoms with Gasteiger partial charge in [0.1, 0.15) is 0 Å². The third-order valence-corrected chi connectivity index (χ3v) is 9.14. The molecule has 2 amide bonds. The Hall–Kier alpha value is -1.64. The number of sulfonamides is 1. The molecule has 2 aliphatic carbocycles. The van der Waals surface area contributed by atoms with Crippen LogP contribution in [0.2, 0.25) is 0 Å². The number of nitrogens with one attached hydrogen (secondary N) is 2. The first-order chi connectivity index (χ1) is 15.5. The number of carbonyl (C=O) groups excluding carboxylic acids is 1. The Morgan fingerprint density at radius 3 is 2.18 bits per heavy atom. The molecule has 184 valence electrons. The van der Waals surface area contributed by atoms with E-state index in [9.17, 15) is 13.2 Å². The van der Waals surface area contributed by atoms with Gasteiger partial charge in [0.25, 0.3) is 0 Å². The summed E-state index contributed by atoms with van der Waals surface area (Å²) in [7, 11) is 0.475. The Morgan fingerprint density at radius 1 is 1.06 bits per heavy atom. The molecule has 2 N–H and O–H groups in total. The zero-order valence-corrected chi connectivity index (χ0v) is 21.5. The monoisotopic (exact) mass is 476 g/mol. The molecule has 0 unspecified atom stereocenters. The molecule has 3 aliphatic rings. The second kappa shape index (κ2) is 9.55. The van der Waals surface area contributed by atoms with Gasteiger partial charge < -0.3 is 15.1 Å². The van der Waals surface area contributed by atoms with Gasteiger partial charge >= 0.3 is 6.03 Å². The van der Waals surface area contributed by atoms with Crippen LogP contribution in [0.25, 0.3) is 0 Å². The molecule has 0 spiro atoms. The van der Waals surface area contributed by atoms with E-state index in [4.69, 9.17) is 0 Å². The van der Waals surface area contributed by atoms with E-state index in [1.807, 2.05) is 13.8 Å². The van der Waals surface area contributed by atoms with Crippen molar-refractivity contribution in [2.45, 2.75) is 71.3 Å². The van der Waals surface area contributed by atoms with Crippen LogP contribution in [0.5, 0.6) is 0 Å². The van der Waals surface area contributed by atoms with Crippen molar-refractivity contribution >= 4 is 21.7 Å². The lowest BCUT2D eigenvalue weighted by atomic mass is 9.93. The highest BCUT2D eigenvalue weighted by molar-refractivity contribution is 7.90. The molecule has 4 rings (SSSR count). The zero-order valence-electron chi connectivity index (χ0n) is 20.7. The van der Waals surface area contributed by atoms with Crippen molar-refractivity contribution in [1.82, 2.24) is 14.5 Å². The predicted molar refractivity (Wildman–Crippen MR) is 133 cm³/mol. The third-order valence-electron chi connectivity index (χ3n) is 7.48. The molecule has 1 aromatic rings. The number of rotatable bonds is 7. The van der Waals surface area contributed by atoms with E-state index in [1.54, 1.807) is 0 Å². The summed E-state index contributed by atoms with van der Waals surface area (Å²) in [4.78, 5) is 17.4. The first kappa shape index (κ1) is 24.5. The fourth-order valence-corrected chi connectivity index (χ4v) is 7.57. The van der Waals surface area contributed by atoms with Crippen molar-refractivity contribution in [1.29, 1.82) is 0 Å². The summed E-state index contributed by atoms with van der Waals surface area (Å²) in [5.74, 6) is -0.0773. The molecule has 0 atom stereocenters. The van der Waals surface area contributed by atoms with E-state index in [0.29, 0.717) is 12.6 Å². The van der Waals surface area contributed by atoms with Crippen LogP contribution in [0.15, 0.2) is 6.07 Å². The standard InChI is InChI=1S/C25H40N4O3S/c1-25(2,16-29-13-11-20(12-14-29)28(3)4)17-33(31,32)27-24(30)26-23-21-9-5-7-18(21)15-19-8-6-10-22(19)23/h15,20H,5-14,16-17H2,1-4H3,(H2,26,27,30). The van der Waals surface area contributed by atoms with Crippen LogP contribution in [-0.4, -0.2) is 69.8 Å². The summed E-state index contributed by atoms with van der Waals surface area (Å²) in [6.45, 7) is 6.60. The van der Waals surface area contributed by atoms with Gasteiger partial charge in [-0.05, 0) is 106 Å². The normalized spacial score (nSPS) is 19.5. The number of benzene rings is 1. The molecular formula is C25H40N4O3S. The summed E-state index contributed by atoms with van der Waals surface area (Å²) in [5.41, 5.74) is 5.44. The number of urea groups is 1. The third kappa shape index (κ3) is 5.89. The molecule has 33 heavy (non-hydrogen) atoms. The molecule has 0 radical (unpaired) electrons. The maximum absolute atomic E-state index is 12.9. The fraction of sp³-hybridized carbons (Fsp3) is 0.720. The predicted octanol–water partition coefficient (Wildman–Crippen LogP) is 3.17. The molecular weight excluding hydrogens is 436 g/mol. The zero-order chi connectivity index (χ0) is 23.8. The highest BCUT2D eigenvalue weighted by Crippen LogP contribution is 2.38. The fourth-order valence-electron chi connectivity index (χ4n) is 6.04. The Labute approximate surface area is 199 Å². The minimum absolute atomic E-state index is 0.0773. The molecule has 1 heterocycles. The lowest BCUT2D eigenvalue weighted by Crippen LogP contribution is -2.48. The van der Waals surface area contributed by atoms with Gasteiger partial charge in [0.2, 0.25) is 10.0 Å². The van der Waals surface area contributed by atoms with Crippen LogP contribution in [-0.2, 0) is 35.7 Å². The molecule has 0 bridgehead atoms. The van der Waals surface area contributed by atoms with Gasteiger partial charge in [0.15, 0.2) is 0 Å². The Morgan fingerprint density at radius 2 is 1.64 bits per heavy atom. The van der Waals surface area contributed by atoms with Crippen molar-refractivity contribution < 1.29 is 13.2 Å². The quantitative estimate of drug-likeness (QED) is 0.632. The molecule has 0 saturated carbocycles. The number of piperidine rings is 1. The summed E-state index contributed by atoms with van der Waals surface area (Å²) in [5, 5.41) is 2.94. The number of fused-ring (bicyclic) bond motifs is 2. The average Bonchev–Trinajstić information content (AvgIpc) is 3.35. The second-order valence-corrected chi connectivity index (χ2v) is 12.9. The van der Waals surface area contributed by atoms with Gasteiger partial charge in [-0.25, -0.2) is 17.9 Å². The van der Waals surface area contributed by atoms with Crippen LogP contribution in [0.4, 0.5) is 10.5 Å². The number of aryl methyl sites for hydroxylation is 2. The smallest absolute Gasteiger partial charge is 0.307 e. The number of likely N-dealkylation sites (tertiary alicyclic amines) is 1. The lowest BCUT2D eigenvalue weighted by Gasteiger charge is -2.39. The van der Waals surface area contributed by atoms with E-state index in [0.717, 1.165) is 70.1 Å². The molecule has 1 fully saturated rings. The van der Waals surface area contributed by atoms with E-state index in [-0.39, 0.29) is 5.75 Å². The Balaban J connectivity index is 1.36. The topological polar surface area (TPSA) is 81.8 Å². The average molecular weight is 477 g/mol. The van der Waals surface area contributed by atoms with Gasteiger partial charge in [0.05, 0.1) is 5.75 Å². The minimum atomic E-state index is -3.76. The van der Waals surface area contributed by atoms with Gasteiger partial charge in [-0.3, -0.25) is 0 Å². The van der Waals surface area contributed by atoms with Crippen LogP contribution < -0.4 is 10.0 Å². The highest BCUT2D eigenvalue weighted by Gasteiger charge is 2.32. The second-order valence-electron chi connectivity index (χ2n) is 11.2. The molecule has 1 saturated heterocycles. The van der Waals surface area contributed by atoms with Crippen LogP contribution >= 0.6 is 0 Å². The van der Waals surface area contributed by atoms with Crippen molar-refractivity contribution in [2.24, 2.45) is 5.41 Å². The van der Waals surface area contributed by atoms with E-state index < -0.39 is 21.5 Å². The number of anilines is 1. The number of carbonyl (C=O) groups is 1. The molecule has 0 aromatic heterocycles. The molecule has 8 heteroatoms. The number of nitrogens with zero attached hydrogens (tertiary/aromatic N) is 2. The lowest BCUT2D eigenvalue weighted by molar-refractivity contribution is 0.114. The van der Waals surface area contributed by atoms with Crippen LogP contribution in [0.1, 0.15) is 61.8 Å². The Bertz CT molecular complexity index is 963. The van der Waals surface area contributed by atoms with Gasteiger partial charge in [0, 0.05) is 18.3 Å². The highest BCUT2D eigenvalue weighted by atomic mass is 32.2. The number of hydrogen-bond acceptors (Lipinski definition) is 5. The summed E-state index contributed by atoms with van der Waals surface area (Å²) in [6.07, 6.45) is 8.35. The van der Waals surface area contributed by atoms with Gasteiger partial charge in [-0.2, -0.15) is 0 Å². The molecule has 1 aliphatic heterocycles. The summed E-state index contributed by atoms with van der Waals surface area (Å²) < 4.78 is 28.1. The van der Waals surface area contributed by atoms with Crippen LogP contribution in [0, 0.1) is 5.41 Å². The SMILES string of the molecule is CN(C)C1CCN(CC(C)(C)CS(=O)(=O)NC(=O)Nc2c3c(cc4c2CCC4)CCC3)CC1. The Kier molecular flexibility index (Phi) is 7.08. The minimum Gasteiger partial charge on any atom is -0.307 e. The van der Waals surface area contributed by atoms with Crippen LogP contribution in [0.3, 0.4) is 0 Å². The van der Waals surface area contributed by atoms with Crippen molar-refractivity contribution in [2.75, 3.05) is 44.8 Å². The summed E-state index contributed by atoms with van der Waals surface area (Å²) in [6, 6.07) is 2.26. The number of amides is 2. The van der Waals surface area contributed by atoms with Gasteiger partial charge in [-0.1, -0.05) is 19.9 Å². The largest absolute Gasteiger partial charge is 0.332 e. The number of hydrogen-bond donors (Lipinski definition) is 2. The van der Waals surface area contributed by atoms with Crippen molar-refractivity contribution in [3.63, 3.8) is 0 Å². The van der Waals surface area contributed by atoms with Crippen molar-refractivity contribution in [3.05, 3.63) is 28.3 Å². The summed E-state index contributed by atoms with van der Waals surface area (Å²) >= 11 is 0. The molecule has 7 nitrogen and oxygen atoms in total.